The van der Waals surface area contributed by atoms with Crippen molar-refractivity contribution >= 4 is 39.4 Å². The van der Waals surface area contributed by atoms with Crippen molar-refractivity contribution in [1.29, 1.82) is 0 Å². The topological polar surface area (TPSA) is 63.0 Å². The van der Waals surface area contributed by atoms with Gasteiger partial charge >= 0.3 is 5.97 Å². The second kappa shape index (κ2) is 7.00. The van der Waals surface area contributed by atoms with Gasteiger partial charge in [-0.2, -0.15) is 0 Å². The number of hydrogen-bond donors (Lipinski definition) is 0. The molecule has 7 heteroatoms. The summed E-state index contributed by atoms with van der Waals surface area (Å²) >= 11 is 0. The van der Waals surface area contributed by atoms with E-state index < -0.39 is 5.97 Å². The lowest BCUT2D eigenvalue weighted by Gasteiger charge is -2.24. The summed E-state index contributed by atoms with van der Waals surface area (Å²) in [6.07, 6.45) is 2.94. The number of fused-ring (bicyclic) bond motifs is 5. The van der Waals surface area contributed by atoms with Gasteiger partial charge in [-0.15, -0.1) is 0 Å². The SMILES string of the molecule is COC(=O)c1cc2c(N3CCCN(C)CC3)ccnc2n2c1nc1ccccc12. The second-order valence-corrected chi connectivity index (χ2v) is 7.52. The summed E-state index contributed by atoms with van der Waals surface area (Å²) in [5, 5.41) is 0.938. The number of benzene rings is 1. The Balaban J connectivity index is 1.83. The van der Waals surface area contributed by atoms with Crippen LogP contribution in [0.5, 0.6) is 0 Å². The van der Waals surface area contributed by atoms with Crippen molar-refractivity contribution in [2.75, 3.05) is 45.2 Å². The number of ether oxygens (including phenoxy) is 1. The van der Waals surface area contributed by atoms with E-state index in [4.69, 9.17) is 9.72 Å². The molecule has 0 amide bonds. The zero-order chi connectivity index (χ0) is 20.0. The van der Waals surface area contributed by atoms with E-state index in [0.29, 0.717) is 11.2 Å². The van der Waals surface area contributed by atoms with Gasteiger partial charge < -0.3 is 14.5 Å². The summed E-state index contributed by atoms with van der Waals surface area (Å²) in [5.74, 6) is -0.391. The minimum absolute atomic E-state index is 0.391. The Hall–Kier alpha value is -3.19. The molecule has 0 saturated carbocycles. The van der Waals surface area contributed by atoms with Gasteiger partial charge in [0.1, 0.15) is 11.2 Å². The van der Waals surface area contributed by atoms with Crippen molar-refractivity contribution in [2.24, 2.45) is 0 Å². The van der Waals surface area contributed by atoms with Crippen molar-refractivity contribution < 1.29 is 9.53 Å². The fourth-order valence-electron chi connectivity index (χ4n) is 4.22. The highest BCUT2D eigenvalue weighted by molar-refractivity contribution is 6.05. The summed E-state index contributed by atoms with van der Waals surface area (Å²) in [6, 6.07) is 11.8. The minimum atomic E-state index is -0.391. The molecule has 0 radical (unpaired) electrons. The van der Waals surface area contributed by atoms with E-state index in [1.807, 2.05) is 47.0 Å². The highest BCUT2D eigenvalue weighted by Crippen LogP contribution is 2.31. The Morgan fingerprint density at radius 3 is 2.79 bits per heavy atom. The molecule has 1 aliphatic rings. The van der Waals surface area contributed by atoms with E-state index in [0.717, 1.165) is 60.4 Å². The highest BCUT2D eigenvalue weighted by Gasteiger charge is 2.22. The molecule has 1 saturated heterocycles. The number of anilines is 1. The number of rotatable bonds is 2. The lowest BCUT2D eigenvalue weighted by molar-refractivity contribution is 0.0602. The number of imidazole rings is 1. The van der Waals surface area contributed by atoms with Crippen molar-refractivity contribution in [3.05, 3.63) is 48.2 Å². The molecular weight excluding hydrogens is 366 g/mol. The first-order chi connectivity index (χ1) is 14.2. The average molecular weight is 389 g/mol. The largest absolute Gasteiger partial charge is 0.465 e. The number of pyridine rings is 2. The zero-order valence-electron chi connectivity index (χ0n) is 16.6. The molecule has 0 spiro atoms. The maximum Gasteiger partial charge on any atom is 0.341 e. The number of carbonyl (C=O) groups excluding carboxylic acids is 1. The maximum atomic E-state index is 12.6. The van der Waals surface area contributed by atoms with Crippen LogP contribution >= 0.6 is 0 Å². The quantitative estimate of drug-likeness (QED) is 0.491. The molecule has 148 valence electrons. The van der Waals surface area contributed by atoms with Crippen LogP contribution in [0, 0.1) is 0 Å². The Kier molecular flexibility index (Phi) is 4.32. The van der Waals surface area contributed by atoms with E-state index in [1.165, 1.54) is 7.11 Å². The molecule has 1 aromatic carbocycles. The smallest absolute Gasteiger partial charge is 0.341 e. The summed E-state index contributed by atoms with van der Waals surface area (Å²) in [5.41, 5.74) is 4.68. The molecule has 0 bridgehead atoms. The predicted octanol–water partition coefficient (Wildman–Crippen LogP) is 2.96. The van der Waals surface area contributed by atoms with Gasteiger partial charge in [0.25, 0.3) is 0 Å². The second-order valence-electron chi connectivity index (χ2n) is 7.52. The Morgan fingerprint density at radius 1 is 1.07 bits per heavy atom. The monoisotopic (exact) mass is 389 g/mol. The van der Waals surface area contributed by atoms with Gasteiger partial charge in [0.15, 0.2) is 5.65 Å². The number of hydrogen-bond acceptors (Lipinski definition) is 6. The molecule has 1 aliphatic heterocycles. The lowest BCUT2D eigenvalue weighted by atomic mass is 10.1. The standard InChI is InChI=1S/C22H23N5O2/c1-25-10-5-11-26(13-12-25)18-8-9-23-20-15(18)14-16(22(28)29-2)21-24-17-6-3-4-7-19(17)27(20)21/h3-4,6-9,14H,5,10-13H2,1-2H3. The van der Waals surface area contributed by atoms with E-state index in [9.17, 15) is 4.79 Å². The van der Waals surface area contributed by atoms with Crippen LogP contribution in [0.25, 0.3) is 27.7 Å². The molecule has 1 fully saturated rings. The molecule has 3 aromatic heterocycles. The molecular formula is C22H23N5O2. The maximum absolute atomic E-state index is 12.6. The van der Waals surface area contributed by atoms with Crippen LogP contribution < -0.4 is 4.90 Å². The van der Waals surface area contributed by atoms with Crippen LogP contribution in [0.1, 0.15) is 16.8 Å². The highest BCUT2D eigenvalue weighted by atomic mass is 16.5. The van der Waals surface area contributed by atoms with Crippen molar-refractivity contribution in [3.63, 3.8) is 0 Å². The summed E-state index contributed by atoms with van der Waals surface area (Å²) in [6.45, 7) is 4.00. The third kappa shape index (κ3) is 2.89. The van der Waals surface area contributed by atoms with Crippen molar-refractivity contribution in [2.45, 2.75) is 6.42 Å². The molecule has 0 atom stereocenters. The number of aromatic nitrogens is 3. The number of para-hydroxylation sites is 2. The molecule has 0 N–H and O–H groups in total. The minimum Gasteiger partial charge on any atom is -0.465 e. The first kappa shape index (κ1) is 17.9. The molecule has 5 rings (SSSR count). The Bertz CT molecular complexity index is 1230. The van der Waals surface area contributed by atoms with Crippen LogP contribution in [-0.4, -0.2) is 65.6 Å². The van der Waals surface area contributed by atoms with Gasteiger partial charge in [-0.3, -0.25) is 4.40 Å². The van der Waals surface area contributed by atoms with E-state index in [2.05, 4.69) is 21.8 Å². The first-order valence-electron chi connectivity index (χ1n) is 9.88. The number of esters is 1. The lowest BCUT2D eigenvalue weighted by Crippen LogP contribution is -2.29. The number of nitrogens with zero attached hydrogens (tertiary/aromatic N) is 5. The van der Waals surface area contributed by atoms with Crippen LogP contribution in [0.4, 0.5) is 5.69 Å². The summed E-state index contributed by atoms with van der Waals surface area (Å²) in [7, 11) is 3.56. The molecule has 29 heavy (non-hydrogen) atoms. The number of methoxy groups -OCH3 is 1. The first-order valence-corrected chi connectivity index (χ1v) is 9.88. The molecule has 7 nitrogen and oxygen atoms in total. The molecule has 0 aliphatic carbocycles. The molecule has 4 heterocycles. The summed E-state index contributed by atoms with van der Waals surface area (Å²) < 4.78 is 7.05. The fourth-order valence-corrected chi connectivity index (χ4v) is 4.22. The van der Waals surface area contributed by atoms with Gasteiger partial charge in [-0.25, -0.2) is 14.8 Å². The zero-order valence-corrected chi connectivity index (χ0v) is 16.6. The third-order valence-corrected chi connectivity index (χ3v) is 5.71. The van der Waals surface area contributed by atoms with Gasteiger partial charge in [-0.05, 0) is 44.3 Å². The Morgan fingerprint density at radius 2 is 1.93 bits per heavy atom. The number of likely N-dealkylation sites (N-methyl/N-ethyl adjacent to an activating group) is 1. The van der Waals surface area contributed by atoms with Crippen LogP contribution in [0.2, 0.25) is 0 Å². The molecule has 4 aromatic rings. The fraction of sp³-hybridized carbons (Fsp3) is 0.318. The van der Waals surface area contributed by atoms with E-state index in [-0.39, 0.29) is 0 Å². The normalized spacial score (nSPS) is 15.9. The predicted molar refractivity (Wildman–Crippen MR) is 114 cm³/mol. The van der Waals surface area contributed by atoms with Gasteiger partial charge in [0, 0.05) is 36.9 Å². The van der Waals surface area contributed by atoms with Gasteiger partial charge in [0.2, 0.25) is 0 Å². The van der Waals surface area contributed by atoms with E-state index >= 15 is 0 Å². The average Bonchev–Trinajstić information content (AvgIpc) is 3.01. The number of carbonyl (C=O) groups is 1. The van der Waals surface area contributed by atoms with Gasteiger partial charge in [0.05, 0.1) is 18.1 Å². The van der Waals surface area contributed by atoms with Crippen molar-refractivity contribution in [3.8, 4) is 0 Å². The third-order valence-electron chi connectivity index (χ3n) is 5.71. The van der Waals surface area contributed by atoms with Crippen LogP contribution in [0.3, 0.4) is 0 Å². The summed E-state index contributed by atoms with van der Waals surface area (Å²) in [4.78, 5) is 26.7. The van der Waals surface area contributed by atoms with E-state index in [1.54, 1.807) is 0 Å². The van der Waals surface area contributed by atoms with Crippen LogP contribution in [-0.2, 0) is 4.74 Å². The van der Waals surface area contributed by atoms with Crippen molar-refractivity contribution in [1.82, 2.24) is 19.3 Å². The van der Waals surface area contributed by atoms with Gasteiger partial charge in [-0.1, -0.05) is 12.1 Å². The molecule has 0 unspecified atom stereocenters. The Labute approximate surface area is 168 Å². The van der Waals surface area contributed by atoms with Crippen LogP contribution in [0.15, 0.2) is 42.6 Å².